The van der Waals surface area contributed by atoms with Gasteiger partial charge < -0.3 is 4.74 Å². The minimum Gasteiger partial charge on any atom is -0.497 e. The van der Waals surface area contributed by atoms with Crippen LogP contribution in [-0.2, 0) is 0 Å². The lowest BCUT2D eigenvalue weighted by Crippen LogP contribution is -1.98. The second kappa shape index (κ2) is 6.06. The molecule has 0 radical (unpaired) electrons. The van der Waals surface area contributed by atoms with E-state index in [0.717, 1.165) is 15.6 Å². The number of benzene rings is 2. The Labute approximate surface area is 129 Å². The molecule has 2 rings (SSSR count). The summed E-state index contributed by atoms with van der Waals surface area (Å²) >= 11 is 7.08. The maximum absolute atomic E-state index is 14.1. The van der Waals surface area contributed by atoms with Crippen molar-refractivity contribution in [2.45, 2.75) is 11.8 Å². The summed E-state index contributed by atoms with van der Waals surface area (Å²) in [6, 6.07) is 10.9. The second-order valence-corrected chi connectivity index (χ2v) is 6.04. The van der Waals surface area contributed by atoms with Crippen LogP contribution in [0.5, 0.6) is 5.75 Å². The summed E-state index contributed by atoms with van der Waals surface area (Å²) in [5.74, 6) is 0.234. The molecule has 4 heteroatoms. The summed E-state index contributed by atoms with van der Waals surface area (Å²) in [6.07, 6.45) is 0. The highest BCUT2D eigenvalue weighted by Crippen LogP contribution is 2.37. The molecule has 0 aliphatic heterocycles. The molecule has 1 atom stereocenters. The van der Waals surface area contributed by atoms with Gasteiger partial charge in [-0.05, 0) is 30.2 Å². The molecule has 19 heavy (non-hydrogen) atoms. The van der Waals surface area contributed by atoms with Crippen LogP contribution in [0.1, 0.15) is 21.5 Å². The number of methoxy groups -OCH3 is 1. The van der Waals surface area contributed by atoms with Gasteiger partial charge in [0.1, 0.15) is 11.6 Å². The fourth-order valence-electron chi connectivity index (χ4n) is 1.85. The normalized spacial score (nSPS) is 12.3. The van der Waals surface area contributed by atoms with E-state index < -0.39 is 0 Å². The Hall–Kier alpha value is -0.870. The molecule has 0 fully saturated rings. The molecular weight excluding hydrogens is 375 g/mol. The summed E-state index contributed by atoms with van der Waals surface area (Å²) in [5, 5.41) is 0. The van der Waals surface area contributed by atoms with Crippen LogP contribution in [0.4, 0.5) is 4.39 Å². The summed E-state index contributed by atoms with van der Waals surface area (Å²) in [7, 11) is 1.52. The molecule has 2 aromatic rings. The third-order valence-corrected chi connectivity index (χ3v) is 4.58. The molecular formula is C15H13Br2FO. The largest absolute Gasteiger partial charge is 0.497 e. The van der Waals surface area contributed by atoms with Gasteiger partial charge in [0.15, 0.2) is 0 Å². The molecule has 1 nitrogen and oxygen atoms in total. The number of rotatable bonds is 3. The Bertz CT molecular complexity index is 599. The van der Waals surface area contributed by atoms with Crippen LogP contribution in [0.25, 0.3) is 0 Å². The van der Waals surface area contributed by atoms with Crippen LogP contribution in [0.3, 0.4) is 0 Å². The fourth-order valence-corrected chi connectivity index (χ4v) is 3.65. The number of hydrogen-bond acceptors (Lipinski definition) is 1. The molecule has 1 unspecified atom stereocenters. The molecule has 0 N–H and O–H groups in total. The van der Waals surface area contributed by atoms with Gasteiger partial charge in [0.25, 0.3) is 0 Å². The van der Waals surface area contributed by atoms with E-state index in [4.69, 9.17) is 4.74 Å². The van der Waals surface area contributed by atoms with Crippen LogP contribution in [0.2, 0.25) is 0 Å². The quantitative estimate of drug-likeness (QED) is 0.641. The van der Waals surface area contributed by atoms with E-state index in [1.807, 2.05) is 25.1 Å². The van der Waals surface area contributed by atoms with Gasteiger partial charge in [-0.2, -0.15) is 0 Å². The lowest BCUT2D eigenvalue weighted by Gasteiger charge is -2.14. The Balaban J connectivity index is 2.41. The van der Waals surface area contributed by atoms with Crippen molar-refractivity contribution in [1.82, 2.24) is 0 Å². The van der Waals surface area contributed by atoms with Gasteiger partial charge in [0, 0.05) is 16.1 Å². The third kappa shape index (κ3) is 3.18. The van der Waals surface area contributed by atoms with Crippen molar-refractivity contribution in [1.29, 1.82) is 0 Å². The predicted octanol–water partition coefficient (Wildman–Crippen LogP) is 5.39. The predicted molar refractivity (Wildman–Crippen MR) is 82.6 cm³/mol. The Morgan fingerprint density at radius 2 is 1.79 bits per heavy atom. The molecule has 0 saturated carbocycles. The van der Waals surface area contributed by atoms with Crippen LogP contribution in [-0.4, -0.2) is 7.11 Å². The van der Waals surface area contributed by atoms with E-state index in [2.05, 4.69) is 31.9 Å². The first-order chi connectivity index (χ1) is 9.02. The molecule has 0 bridgehead atoms. The third-order valence-electron chi connectivity index (χ3n) is 2.91. The van der Waals surface area contributed by atoms with E-state index in [9.17, 15) is 4.39 Å². The van der Waals surface area contributed by atoms with Crippen molar-refractivity contribution in [2.75, 3.05) is 7.11 Å². The van der Waals surface area contributed by atoms with Gasteiger partial charge in [-0.25, -0.2) is 4.39 Å². The number of hydrogen-bond donors (Lipinski definition) is 0. The monoisotopic (exact) mass is 386 g/mol. The number of halogens is 3. The van der Waals surface area contributed by atoms with Crippen molar-refractivity contribution < 1.29 is 9.13 Å². The van der Waals surface area contributed by atoms with Gasteiger partial charge in [0.2, 0.25) is 0 Å². The highest BCUT2D eigenvalue weighted by Gasteiger charge is 2.17. The minimum absolute atomic E-state index is 0.201. The Morgan fingerprint density at radius 3 is 2.37 bits per heavy atom. The van der Waals surface area contributed by atoms with Crippen molar-refractivity contribution in [3.05, 3.63) is 63.4 Å². The molecule has 0 heterocycles. The lowest BCUT2D eigenvalue weighted by molar-refractivity contribution is 0.411. The van der Waals surface area contributed by atoms with E-state index in [1.54, 1.807) is 12.1 Å². The topological polar surface area (TPSA) is 9.23 Å². The van der Waals surface area contributed by atoms with Crippen molar-refractivity contribution >= 4 is 31.9 Å². The standard InChI is InChI=1S/C15H13Br2FO/c1-9-3-5-11(13(16)7-9)15(17)12-6-4-10(19-2)8-14(12)18/h3-8,15H,1-2H3. The molecule has 2 aromatic carbocycles. The van der Waals surface area contributed by atoms with E-state index in [1.165, 1.54) is 13.2 Å². The number of ether oxygens (including phenoxy) is 1. The SMILES string of the molecule is COc1ccc(C(Br)c2ccc(C)cc2Br)c(F)c1. The maximum Gasteiger partial charge on any atom is 0.131 e. The Morgan fingerprint density at radius 1 is 1.11 bits per heavy atom. The average molecular weight is 388 g/mol. The summed E-state index contributed by atoms with van der Waals surface area (Å²) < 4.78 is 20.0. The zero-order valence-electron chi connectivity index (χ0n) is 10.6. The summed E-state index contributed by atoms with van der Waals surface area (Å²) in [5.41, 5.74) is 2.74. The molecule has 0 aliphatic rings. The zero-order chi connectivity index (χ0) is 14.0. The first kappa shape index (κ1) is 14.5. The summed E-state index contributed by atoms with van der Waals surface area (Å²) in [4.78, 5) is -0.201. The molecule has 100 valence electrons. The number of alkyl halides is 1. The van der Waals surface area contributed by atoms with Crippen molar-refractivity contribution in [3.63, 3.8) is 0 Å². The summed E-state index contributed by atoms with van der Waals surface area (Å²) in [6.45, 7) is 2.02. The van der Waals surface area contributed by atoms with Crippen LogP contribution < -0.4 is 4.74 Å². The van der Waals surface area contributed by atoms with Crippen molar-refractivity contribution in [2.24, 2.45) is 0 Å². The zero-order valence-corrected chi connectivity index (χ0v) is 13.8. The molecule has 0 saturated heterocycles. The highest BCUT2D eigenvalue weighted by molar-refractivity contribution is 9.11. The highest BCUT2D eigenvalue weighted by atomic mass is 79.9. The first-order valence-electron chi connectivity index (χ1n) is 5.76. The van der Waals surface area contributed by atoms with E-state index in [-0.39, 0.29) is 10.6 Å². The molecule has 0 amide bonds. The maximum atomic E-state index is 14.1. The van der Waals surface area contributed by atoms with Gasteiger partial charge in [0.05, 0.1) is 11.9 Å². The molecule has 0 spiro atoms. The van der Waals surface area contributed by atoms with Crippen molar-refractivity contribution in [3.8, 4) is 5.75 Å². The smallest absolute Gasteiger partial charge is 0.131 e. The van der Waals surface area contributed by atoms with E-state index in [0.29, 0.717) is 11.3 Å². The number of aryl methyl sites for hydroxylation is 1. The van der Waals surface area contributed by atoms with Gasteiger partial charge >= 0.3 is 0 Å². The van der Waals surface area contributed by atoms with Crippen LogP contribution in [0, 0.1) is 12.7 Å². The molecule has 0 aliphatic carbocycles. The van der Waals surface area contributed by atoms with Gasteiger partial charge in [-0.15, -0.1) is 0 Å². The van der Waals surface area contributed by atoms with Gasteiger partial charge in [-0.1, -0.05) is 50.1 Å². The molecule has 0 aromatic heterocycles. The fraction of sp³-hybridized carbons (Fsp3) is 0.200. The average Bonchev–Trinajstić information content (AvgIpc) is 2.37. The van der Waals surface area contributed by atoms with Crippen LogP contribution >= 0.6 is 31.9 Å². The Kier molecular flexibility index (Phi) is 4.63. The minimum atomic E-state index is -0.284. The lowest BCUT2D eigenvalue weighted by atomic mass is 10.0. The van der Waals surface area contributed by atoms with E-state index >= 15 is 0 Å². The van der Waals surface area contributed by atoms with Gasteiger partial charge in [-0.3, -0.25) is 0 Å². The van der Waals surface area contributed by atoms with Crippen LogP contribution in [0.15, 0.2) is 40.9 Å². The second-order valence-electron chi connectivity index (χ2n) is 4.27. The first-order valence-corrected chi connectivity index (χ1v) is 7.47.